The minimum absolute atomic E-state index is 0.132. The standard InChI is InChI=1S/C23H22FN5O/c24-17-3-1-4-18(13-17)26-21-14-19(15-8-10-25-11-9-15)27-22(28-21)20-5-2-12-29(20)23(30)16-6-7-16/h1,3-4,8-11,13-14,16,20H,2,5-7,12H2,(H,26,27,28). The van der Waals surface area contributed by atoms with Crippen LogP contribution >= 0.6 is 0 Å². The summed E-state index contributed by atoms with van der Waals surface area (Å²) >= 11 is 0. The predicted octanol–water partition coefficient (Wildman–Crippen LogP) is 4.49. The Morgan fingerprint density at radius 1 is 1.07 bits per heavy atom. The summed E-state index contributed by atoms with van der Waals surface area (Å²) in [5.41, 5.74) is 2.26. The van der Waals surface area contributed by atoms with Crippen LogP contribution in [0.15, 0.2) is 54.9 Å². The third-order valence-corrected chi connectivity index (χ3v) is 5.58. The minimum atomic E-state index is -0.319. The lowest BCUT2D eigenvalue weighted by molar-refractivity contribution is -0.133. The van der Waals surface area contributed by atoms with Gasteiger partial charge in [-0.25, -0.2) is 14.4 Å². The minimum Gasteiger partial charge on any atom is -0.340 e. The number of pyridine rings is 1. The third kappa shape index (κ3) is 3.87. The summed E-state index contributed by atoms with van der Waals surface area (Å²) in [6.45, 7) is 0.746. The number of carbonyl (C=O) groups is 1. The van der Waals surface area contributed by atoms with E-state index in [1.165, 1.54) is 12.1 Å². The third-order valence-electron chi connectivity index (χ3n) is 5.58. The molecule has 1 saturated carbocycles. The van der Waals surface area contributed by atoms with Gasteiger partial charge in [-0.3, -0.25) is 9.78 Å². The lowest BCUT2D eigenvalue weighted by Gasteiger charge is -2.24. The van der Waals surface area contributed by atoms with Crippen molar-refractivity contribution in [2.75, 3.05) is 11.9 Å². The van der Waals surface area contributed by atoms with E-state index in [1.807, 2.05) is 23.1 Å². The Morgan fingerprint density at radius 3 is 2.67 bits per heavy atom. The number of amides is 1. The van der Waals surface area contributed by atoms with E-state index in [9.17, 15) is 9.18 Å². The number of aromatic nitrogens is 3. The van der Waals surface area contributed by atoms with Crippen LogP contribution in [-0.2, 0) is 4.79 Å². The number of likely N-dealkylation sites (tertiary alicyclic amines) is 1. The van der Waals surface area contributed by atoms with Crippen molar-refractivity contribution < 1.29 is 9.18 Å². The number of nitrogens with one attached hydrogen (secondary N) is 1. The van der Waals surface area contributed by atoms with Gasteiger partial charge in [0.1, 0.15) is 11.6 Å². The molecule has 7 heteroatoms. The predicted molar refractivity (Wildman–Crippen MR) is 111 cm³/mol. The molecule has 1 saturated heterocycles. The van der Waals surface area contributed by atoms with Crippen LogP contribution in [0.5, 0.6) is 0 Å². The average molecular weight is 403 g/mol. The molecule has 1 atom stereocenters. The highest BCUT2D eigenvalue weighted by Gasteiger charge is 2.40. The number of nitrogens with zero attached hydrogens (tertiary/aromatic N) is 4. The Labute approximate surface area is 174 Å². The second-order valence-corrected chi connectivity index (χ2v) is 7.83. The van der Waals surface area contributed by atoms with E-state index in [0.29, 0.717) is 17.3 Å². The molecule has 1 aliphatic carbocycles. The molecule has 5 rings (SSSR count). The Bertz CT molecular complexity index is 1070. The molecule has 1 unspecified atom stereocenters. The zero-order valence-corrected chi connectivity index (χ0v) is 16.5. The molecule has 1 N–H and O–H groups in total. The maximum atomic E-state index is 13.6. The van der Waals surface area contributed by atoms with Gasteiger partial charge in [0, 0.05) is 42.2 Å². The highest BCUT2D eigenvalue weighted by molar-refractivity contribution is 5.81. The van der Waals surface area contributed by atoms with E-state index in [4.69, 9.17) is 9.97 Å². The molecule has 1 amide bonds. The van der Waals surface area contributed by atoms with Crippen LogP contribution in [0.4, 0.5) is 15.9 Å². The van der Waals surface area contributed by atoms with Gasteiger partial charge >= 0.3 is 0 Å². The Kier molecular flexibility index (Phi) is 4.86. The summed E-state index contributed by atoms with van der Waals surface area (Å²) in [5.74, 6) is 1.26. The van der Waals surface area contributed by atoms with E-state index in [2.05, 4.69) is 10.3 Å². The smallest absolute Gasteiger partial charge is 0.226 e. The molecule has 2 aliphatic rings. The monoisotopic (exact) mass is 403 g/mol. The molecule has 6 nitrogen and oxygen atoms in total. The van der Waals surface area contributed by atoms with Gasteiger partial charge in [-0.05, 0) is 56.0 Å². The number of rotatable bonds is 5. The maximum Gasteiger partial charge on any atom is 0.226 e. The van der Waals surface area contributed by atoms with E-state index < -0.39 is 0 Å². The van der Waals surface area contributed by atoms with Gasteiger partial charge in [0.25, 0.3) is 0 Å². The van der Waals surface area contributed by atoms with Gasteiger partial charge in [0.05, 0.1) is 11.7 Å². The fraction of sp³-hybridized carbons (Fsp3) is 0.304. The highest BCUT2D eigenvalue weighted by Crippen LogP contribution is 2.38. The van der Waals surface area contributed by atoms with Crippen LogP contribution in [0.3, 0.4) is 0 Å². The van der Waals surface area contributed by atoms with Gasteiger partial charge in [0.15, 0.2) is 5.82 Å². The van der Waals surface area contributed by atoms with Crippen molar-refractivity contribution in [3.63, 3.8) is 0 Å². The summed E-state index contributed by atoms with van der Waals surface area (Å²) < 4.78 is 13.6. The molecule has 3 heterocycles. The summed E-state index contributed by atoms with van der Waals surface area (Å²) in [6.07, 6.45) is 7.18. The molecule has 0 radical (unpaired) electrons. The van der Waals surface area contributed by atoms with E-state index >= 15 is 0 Å². The van der Waals surface area contributed by atoms with Gasteiger partial charge in [-0.1, -0.05) is 6.07 Å². The number of hydrogen-bond donors (Lipinski definition) is 1. The van der Waals surface area contributed by atoms with E-state index in [1.54, 1.807) is 24.5 Å². The van der Waals surface area contributed by atoms with Crippen LogP contribution in [0.1, 0.15) is 37.5 Å². The molecule has 1 aromatic carbocycles. The average Bonchev–Trinajstić information content (AvgIpc) is 3.50. The largest absolute Gasteiger partial charge is 0.340 e. The molecule has 2 fully saturated rings. The van der Waals surface area contributed by atoms with E-state index in [-0.39, 0.29) is 23.7 Å². The van der Waals surface area contributed by atoms with Crippen LogP contribution in [-0.4, -0.2) is 32.3 Å². The molecule has 2 aromatic heterocycles. The first-order chi connectivity index (χ1) is 14.7. The first-order valence-electron chi connectivity index (χ1n) is 10.3. The molecule has 0 bridgehead atoms. The second-order valence-electron chi connectivity index (χ2n) is 7.83. The number of halogens is 1. The van der Waals surface area contributed by atoms with Crippen molar-refractivity contribution in [1.29, 1.82) is 0 Å². The molecular weight excluding hydrogens is 381 g/mol. The zero-order valence-electron chi connectivity index (χ0n) is 16.5. The number of anilines is 2. The quantitative estimate of drug-likeness (QED) is 0.679. The van der Waals surface area contributed by atoms with Crippen molar-refractivity contribution in [1.82, 2.24) is 19.9 Å². The second kappa shape index (κ2) is 7.82. The van der Waals surface area contributed by atoms with Crippen molar-refractivity contribution in [2.24, 2.45) is 5.92 Å². The molecule has 152 valence electrons. The maximum absolute atomic E-state index is 13.6. The molecule has 0 spiro atoms. The summed E-state index contributed by atoms with van der Waals surface area (Å²) in [7, 11) is 0. The summed E-state index contributed by atoms with van der Waals surface area (Å²) in [6, 6.07) is 11.7. The number of hydrogen-bond acceptors (Lipinski definition) is 5. The van der Waals surface area contributed by atoms with Crippen molar-refractivity contribution in [2.45, 2.75) is 31.7 Å². The van der Waals surface area contributed by atoms with Crippen LogP contribution in [0, 0.1) is 11.7 Å². The first kappa shape index (κ1) is 18.7. The highest BCUT2D eigenvalue weighted by atomic mass is 19.1. The Balaban J connectivity index is 1.53. The van der Waals surface area contributed by atoms with Gasteiger partial charge in [-0.15, -0.1) is 0 Å². The molecule has 30 heavy (non-hydrogen) atoms. The first-order valence-corrected chi connectivity index (χ1v) is 10.3. The molecule has 1 aliphatic heterocycles. The number of carbonyl (C=O) groups excluding carboxylic acids is 1. The fourth-order valence-electron chi connectivity index (χ4n) is 3.93. The van der Waals surface area contributed by atoms with Gasteiger partial charge in [0.2, 0.25) is 5.91 Å². The SMILES string of the molecule is O=C(C1CC1)N1CCCC1c1nc(Nc2cccc(F)c2)cc(-c2ccncc2)n1. The number of benzene rings is 1. The van der Waals surface area contributed by atoms with Crippen LogP contribution in [0.2, 0.25) is 0 Å². The van der Waals surface area contributed by atoms with Crippen molar-refractivity contribution >= 4 is 17.4 Å². The van der Waals surface area contributed by atoms with Gasteiger partial charge in [-0.2, -0.15) is 0 Å². The summed E-state index contributed by atoms with van der Waals surface area (Å²) in [5, 5.41) is 3.19. The summed E-state index contributed by atoms with van der Waals surface area (Å²) in [4.78, 5) is 28.3. The van der Waals surface area contributed by atoms with Crippen LogP contribution in [0.25, 0.3) is 11.3 Å². The normalized spacial score (nSPS) is 18.4. The van der Waals surface area contributed by atoms with Crippen molar-refractivity contribution in [3.05, 3.63) is 66.5 Å². The Hall–Kier alpha value is -3.35. The van der Waals surface area contributed by atoms with Gasteiger partial charge < -0.3 is 10.2 Å². The van der Waals surface area contributed by atoms with Crippen molar-refractivity contribution in [3.8, 4) is 11.3 Å². The van der Waals surface area contributed by atoms with E-state index in [0.717, 1.165) is 43.5 Å². The zero-order chi connectivity index (χ0) is 20.5. The molecular formula is C23H22FN5O. The lowest BCUT2D eigenvalue weighted by atomic mass is 10.1. The van der Waals surface area contributed by atoms with Crippen LogP contribution < -0.4 is 5.32 Å². The Morgan fingerprint density at radius 2 is 1.90 bits per heavy atom. The fourth-order valence-corrected chi connectivity index (χ4v) is 3.93. The topological polar surface area (TPSA) is 71.0 Å². The lowest BCUT2D eigenvalue weighted by Crippen LogP contribution is -2.32. The molecule has 3 aromatic rings.